The Labute approximate surface area is 304 Å². The van der Waals surface area contributed by atoms with Crippen molar-refractivity contribution in [3.63, 3.8) is 0 Å². The Kier molecular flexibility index (Phi) is 12.8. The minimum Gasteiger partial charge on any atom is -0.390 e. The molecular weight excluding hydrogens is 663 g/mol. The summed E-state index contributed by atoms with van der Waals surface area (Å²) >= 11 is 1.56. The molecule has 1 aliphatic heterocycles. The highest BCUT2D eigenvalue weighted by molar-refractivity contribution is 7.99. The molecule has 0 radical (unpaired) electrons. The van der Waals surface area contributed by atoms with Gasteiger partial charge in [0.2, 0.25) is 11.8 Å². The number of aliphatic hydroxyl groups excluding tert-OH is 1. The normalized spacial score (nSPS) is 18.5. The quantitative estimate of drug-likeness (QED) is 0.148. The van der Waals surface area contributed by atoms with E-state index >= 15 is 0 Å². The molecule has 1 aliphatic rings. The standard InChI is InChI=1S/C39H49N7O4S/c1-25(2)34(44-35(48)30-17-16-27-14-9-10-15-29(27)42-30)37(50)43-31(22-26-12-7-6-8-13-26)33(47)24-46-21-18-28(51-38-40-19-11-20-41-38)23-32(46)36(49)45-39(3,4)5/h6-17,19-20,25,28,31-34,47H,18,21-24H2,1-5H3,(H,43,50)(H,44,48)(H,45,49)/t28-,31+,32?,33-,34+/m1/s1. The molecule has 3 heterocycles. The second-order valence-corrected chi connectivity index (χ2v) is 15.8. The SMILES string of the molecule is CC(C)[C@H](NC(=O)c1ccc2ccccc2n1)C(=O)N[C@@H](Cc1ccccc1)[C@H](O)CN1CC[C@@H](Sc2ncccn2)CC1C(=O)NC(C)(C)C. The molecule has 2 aromatic carbocycles. The van der Waals surface area contributed by atoms with Crippen LogP contribution in [0, 0.1) is 5.92 Å². The number of carbonyl (C=O) groups excluding carboxylic acids is 3. The lowest BCUT2D eigenvalue weighted by Crippen LogP contribution is -2.60. The van der Waals surface area contributed by atoms with Crippen molar-refractivity contribution >= 4 is 40.4 Å². The third-order valence-corrected chi connectivity index (χ3v) is 10.0. The average Bonchev–Trinajstić information content (AvgIpc) is 3.10. The number of thioether (sulfide) groups is 1. The van der Waals surface area contributed by atoms with Gasteiger partial charge in [0.25, 0.3) is 5.91 Å². The van der Waals surface area contributed by atoms with Gasteiger partial charge < -0.3 is 21.1 Å². The number of aromatic nitrogens is 3. The van der Waals surface area contributed by atoms with Crippen molar-refractivity contribution in [1.29, 1.82) is 0 Å². The third-order valence-electron chi connectivity index (χ3n) is 8.86. The van der Waals surface area contributed by atoms with E-state index in [1.54, 1.807) is 36.3 Å². The van der Waals surface area contributed by atoms with Gasteiger partial charge in [-0.25, -0.2) is 15.0 Å². The van der Waals surface area contributed by atoms with Crippen molar-refractivity contribution in [2.75, 3.05) is 13.1 Å². The second-order valence-electron chi connectivity index (χ2n) is 14.5. The van der Waals surface area contributed by atoms with E-state index in [0.29, 0.717) is 30.1 Å². The van der Waals surface area contributed by atoms with Gasteiger partial charge in [0, 0.05) is 41.7 Å². The van der Waals surface area contributed by atoms with Gasteiger partial charge in [-0.05, 0) is 69.7 Å². The Morgan fingerprint density at radius 1 is 0.941 bits per heavy atom. The topological polar surface area (TPSA) is 149 Å². The number of para-hydroxylation sites is 1. The van der Waals surface area contributed by atoms with Gasteiger partial charge in [-0.15, -0.1) is 0 Å². The first kappa shape index (κ1) is 37.9. The minimum absolute atomic E-state index is 0.109. The lowest BCUT2D eigenvalue weighted by Gasteiger charge is -2.41. The number of benzene rings is 2. The molecule has 5 rings (SSSR count). The zero-order valence-electron chi connectivity index (χ0n) is 30.0. The number of aliphatic hydroxyl groups is 1. The fourth-order valence-electron chi connectivity index (χ4n) is 6.26. The number of hydrogen-bond acceptors (Lipinski definition) is 9. The minimum atomic E-state index is -1.02. The zero-order chi connectivity index (χ0) is 36.5. The predicted molar refractivity (Wildman–Crippen MR) is 200 cm³/mol. The molecule has 51 heavy (non-hydrogen) atoms. The fraction of sp³-hybridized carbons (Fsp3) is 0.436. The molecule has 0 bridgehead atoms. The number of amides is 3. The Morgan fingerprint density at radius 3 is 2.35 bits per heavy atom. The highest BCUT2D eigenvalue weighted by Crippen LogP contribution is 2.31. The highest BCUT2D eigenvalue weighted by atomic mass is 32.2. The summed E-state index contributed by atoms with van der Waals surface area (Å²) in [6.45, 7) is 10.3. The van der Waals surface area contributed by atoms with Crippen LogP contribution in [0.25, 0.3) is 10.9 Å². The van der Waals surface area contributed by atoms with Gasteiger partial charge >= 0.3 is 0 Å². The first-order valence-corrected chi connectivity index (χ1v) is 18.4. The molecule has 1 saturated heterocycles. The van der Waals surface area contributed by atoms with Crippen LogP contribution in [-0.2, 0) is 16.0 Å². The van der Waals surface area contributed by atoms with E-state index in [0.717, 1.165) is 17.4 Å². The van der Waals surface area contributed by atoms with Crippen molar-refractivity contribution in [2.24, 2.45) is 5.92 Å². The monoisotopic (exact) mass is 711 g/mol. The summed E-state index contributed by atoms with van der Waals surface area (Å²) in [6.07, 6.45) is 4.08. The number of likely N-dealkylation sites (tertiary alicyclic amines) is 1. The van der Waals surface area contributed by atoms with Gasteiger partial charge in [-0.3, -0.25) is 19.3 Å². The number of carbonyl (C=O) groups is 3. The van der Waals surface area contributed by atoms with Crippen molar-refractivity contribution in [3.8, 4) is 0 Å². The van der Waals surface area contributed by atoms with Crippen LogP contribution >= 0.6 is 11.8 Å². The first-order valence-electron chi connectivity index (χ1n) is 17.5. The number of hydrogen-bond donors (Lipinski definition) is 4. The summed E-state index contributed by atoms with van der Waals surface area (Å²) in [5.41, 5.74) is 1.40. The summed E-state index contributed by atoms with van der Waals surface area (Å²) in [5, 5.41) is 22.7. The number of β-amino-alcohol motifs (C(OH)–C–C–N with tert-alkyl or cyclic N) is 1. The maximum Gasteiger partial charge on any atom is 0.270 e. The molecule has 0 saturated carbocycles. The number of nitrogens with one attached hydrogen (secondary N) is 3. The molecule has 5 atom stereocenters. The molecule has 2 aromatic heterocycles. The van der Waals surface area contributed by atoms with Crippen molar-refractivity contribution in [2.45, 2.75) is 94.1 Å². The van der Waals surface area contributed by atoms with Crippen LogP contribution in [0.4, 0.5) is 0 Å². The zero-order valence-corrected chi connectivity index (χ0v) is 30.8. The summed E-state index contributed by atoms with van der Waals surface area (Å²) in [6, 6.07) is 20.4. The molecule has 0 spiro atoms. The van der Waals surface area contributed by atoms with Crippen LogP contribution in [0.2, 0.25) is 0 Å². The van der Waals surface area contributed by atoms with Crippen molar-refractivity contribution in [3.05, 3.63) is 96.4 Å². The molecule has 4 N–H and O–H groups in total. The number of pyridine rings is 1. The molecule has 12 heteroatoms. The van der Waals surface area contributed by atoms with E-state index < -0.39 is 41.6 Å². The first-order chi connectivity index (χ1) is 24.4. The van der Waals surface area contributed by atoms with E-state index in [9.17, 15) is 19.5 Å². The molecule has 0 aliphatic carbocycles. The Hall–Kier alpha value is -4.39. The van der Waals surface area contributed by atoms with Gasteiger partial charge in [0.1, 0.15) is 11.7 Å². The van der Waals surface area contributed by atoms with Gasteiger partial charge in [-0.1, -0.05) is 80.2 Å². The van der Waals surface area contributed by atoms with E-state index in [1.165, 1.54) is 0 Å². The van der Waals surface area contributed by atoms with Crippen LogP contribution in [0.5, 0.6) is 0 Å². The van der Waals surface area contributed by atoms with Crippen LogP contribution in [0.1, 0.15) is 63.5 Å². The Morgan fingerprint density at radius 2 is 1.65 bits per heavy atom. The summed E-state index contributed by atoms with van der Waals surface area (Å²) in [4.78, 5) is 56.3. The smallest absolute Gasteiger partial charge is 0.270 e. The van der Waals surface area contributed by atoms with E-state index in [4.69, 9.17) is 0 Å². The summed E-state index contributed by atoms with van der Waals surface area (Å²) in [7, 11) is 0. The molecule has 1 fully saturated rings. The van der Waals surface area contributed by atoms with E-state index in [-0.39, 0.29) is 29.3 Å². The fourth-order valence-corrected chi connectivity index (χ4v) is 7.31. The maximum absolute atomic E-state index is 14.0. The third kappa shape index (κ3) is 10.8. The van der Waals surface area contributed by atoms with Crippen molar-refractivity contribution < 1.29 is 19.5 Å². The lowest BCUT2D eigenvalue weighted by molar-refractivity contribution is -0.130. The number of nitrogens with zero attached hydrogens (tertiary/aromatic N) is 4. The molecule has 11 nitrogen and oxygen atoms in total. The van der Waals surface area contributed by atoms with Crippen LogP contribution < -0.4 is 16.0 Å². The molecule has 3 amide bonds. The van der Waals surface area contributed by atoms with Gasteiger partial charge in [0.05, 0.1) is 23.7 Å². The van der Waals surface area contributed by atoms with Crippen molar-refractivity contribution in [1.82, 2.24) is 35.8 Å². The number of rotatable bonds is 13. The van der Waals surface area contributed by atoms with Gasteiger partial charge in [0.15, 0.2) is 5.16 Å². The largest absolute Gasteiger partial charge is 0.390 e. The molecule has 1 unspecified atom stereocenters. The average molecular weight is 712 g/mol. The van der Waals surface area contributed by atoms with E-state index in [1.807, 2.05) is 100 Å². The number of piperidine rings is 1. The van der Waals surface area contributed by atoms with Crippen LogP contribution in [0.3, 0.4) is 0 Å². The summed E-state index contributed by atoms with van der Waals surface area (Å²) in [5.74, 6) is -1.22. The predicted octanol–water partition coefficient (Wildman–Crippen LogP) is 4.41. The molecule has 4 aromatic rings. The van der Waals surface area contributed by atoms with Crippen LogP contribution in [0.15, 0.2) is 90.3 Å². The maximum atomic E-state index is 14.0. The Balaban J connectivity index is 1.33. The Bertz CT molecular complexity index is 1770. The van der Waals surface area contributed by atoms with E-state index in [2.05, 4.69) is 30.9 Å². The summed E-state index contributed by atoms with van der Waals surface area (Å²) < 4.78 is 0. The molecule has 270 valence electrons. The second kappa shape index (κ2) is 17.2. The van der Waals surface area contributed by atoms with Crippen LogP contribution in [-0.4, -0.2) is 90.8 Å². The molecular formula is C39H49N7O4S. The lowest BCUT2D eigenvalue weighted by atomic mass is 9.95. The number of fused-ring (bicyclic) bond motifs is 1. The van der Waals surface area contributed by atoms with Gasteiger partial charge in [-0.2, -0.15) is 0 Å². The highest BCUT2D eigenvalue weighted by Gasteiger charge is 2.38.